The molecule has 3 heterocycles. The Hall–Kier alpha value is -3.15. The molecule has 0 fully saturated rings. The van der Waals surface area contributed by atoms with Crippen molar-refractivity contribution in [2.45, 2.75) is 39.7 Å². The first-order chi connectivity index (χ1) is 21.4. The fraction of sp³-hybridized carbons (Fsp3) is 0.469. The summed E-state index contributed by atoms with van der Waals surface area (Å²) in [6.45, 7) is 4.82. The van der Waals surface area contributed by atoms with E-state index in [1.54, 1.807) is 30.3 Å². The number of aromatic nitrogens is 1. The zero-order valence-electron chi connectivity index (χ0n) is 27.0. The Bertz CT molecular complexity index is 1570. The number of carbonyl (C=O) groups excluding carboxylic acids is 2. The minimum absolute atomic E-state index is 0.185. The Morgan fingerprint density at radius 3 is 2.69 bits per heavy atom. The molecule has 1 aromatic carbocycles. The highest BCUT2D eigenvalue weighted by molar-refractivity contribution is 8.32. The number of phosphoric acid groups is 1. The number of para-hydroxylation sites is 1. The molecule has 3 aromatic rings. The van der Waals surface area contributed by atoms with E-state index in [4.69, 9.17) is 18.0 Å². The third-order valence-corrected chi connectivity index (χ3v) is 10.1. The van der Waals surface area contributed by atoms with Crippen LogP contribution in [0.2, 0.25) is 0 Å². The molecule has 1 N–H and O–H groups in total. The van der Waals surface area contributed by atoms with E-state index in [0.29, 0.717) is 36.6 Å². The van der Waals surface area contributed by atoms with Gasteiger partial charge in [0, 0.05) is 49.0 Å². The van der Waals surface area contributed by atoms with E-state index in [1.165, 1.54) is 11.0 Å². The van der Waals surface area contributed by atoms with Crippen molar-refractivity contribution in [1.29, 1.82) is 0 Å². The third-order valence-electron chi connectivity index (χ3n) is 7.25. The summed E-state index contributed by atoms with van der Waals surface area (Å²) in [6, 6.07) is 9.60. The van der Waals surface area contributed by atoms with Crippen LogP contribution in [0, 0.1) is 6.92 Å². The standard InChI is InChI=1S/C32H45N4O7PS/c1-7-8-17-40-44(39,41-18-19-45(4,5)6)42-23-36-31(38)15-16-33-27-20-25(21-34-32(27)36)13-14-30(37)35(3)22-29-24(2)26-11-9-10-12-28(26)43-29/h9-14,20-21,33H,7-8,15-19,22-23H2,1-6H3/b14-13+. The minimum atomic E-state index is -3.92. The Balaban J connectivity index is 1.44. The van der Waals surface area contributed by atoms with Crippen molar-refractivity contribution in [3.05, 3.63) is 59.5 Å². The van der Waals surface area contributed by atoms with Gasteiger partial charge in [-0.25, -0.2) is 19.6 Å². The number of likely N-dealkylation sites (N-methyl/N-ethyl adjacent to an activating group) is 1. The molecule has 0 spiro atoms. The number of aryl methyl sites for hydroxylation is 1. The first kappa shape index (κ1) is 34.7. The van der Waals surface area contributed by atoms with Gasteiger partial charge < -0.3 is 14.6 Å². The number of fused-ring (bicyclic) bond motifs is 2. The number of hydrogen-bond donors (Lipinski definition) is 1. The maximum atomic E-state index is 13.5. The lowest BCUT2D eigenvalue weighted by molar-refractivity contribution is -0.125. The maximum absolute atomic E-state index is 13.5. The van der Waals surface area contributed by atoms with E-state index in [2.05, 4.69) is 29.1 Å². The number of rotatable bonds is 15. The first-order valence-electron chi connectivity index (χ1n) is 15.0. The normalized spacial score (nSPS) is 15.5. The molecule has 13 heteroatoms. The van der Waals surface area contributed by atoms with Crippen molar-refractivity contribution in [2.75, 3.05) is 68.3 Å². The number of furan rings is 1. The van der Waals surface area contributed by atoms with Gasteiger partial charge in [0.25, 0.3) is 0 Å². The van der Waals surface area contributed by atoms with Crippen LogP contribution < -0.4 is 10.2 Å². The van der Waals surface area contributed by atoms with Crippen LogP contribution in [-0.2, 0) is 34.3 Å². The Morgan fingerprint density at radius 2 is 1.96 bits per heavy atom. The van der Waals surface area contributed by atoms with Crippen LogP contribution in [0.15, 0.2) is 47.0 Å². The molecule has 246 valence electrons. The number of nitrogens with zero attached hydrogens (tertiary/aromatic N) is 3. The van der Waals surface area contributed by atoms with Crippen LogP contribution in [0.25, 0.3) is 17.0 Å². The highest BCUT2D eigenvalue weighted by Crippen LogP contribution is 2.51. The van der Waals surface area contributed by atoms with Gasteiger partial charge in [0.15, 0.2) is 5.82 Å². The summed E-state index contributed by atoms with van der Waals surface area (Å²) < 4.78 is 36.4. The summed E-state index contributed by atoms with van der Waals surface area (Å²) in [6.07, 6.45) is 12.9. The van der Waals surface area contributed by atoms with Crippen molar-refractivity contribution in [2.24, 2.45) is 0 Å². The summed E-state index contributed by atoms with van der Waals surface area (Å²) >= 11 is 0. The lowest BCUT2D eigenvalue weighted by Gasteiger charge is -2.27. The molecule has 4 rings (SSSR count). The van der Waals surface area contributed by atoms with Gasteiger partial charge >= 0.3 is 7.82 Å². The number of pyridine rings is 1. The summed E-state index contributed by atoms with van der Waals surface area (Å²) in [4.78, 5) is 33.4. The SMILES string of the molecule is CCCCOP(=O)(OCCS(C)(C)C)OCN1C(=O)CCNc2cc(/C=C/C(=O)N(C)Cc3oc4ccccc4c3C)cnc21. The zero-order chi connectivity index (χ0) is 32.6. The monoisotopic (exact) mass is 660 g/mol. The van der Waals surface area contributed by atoms with Crippen molar-refractivity contribution < 1.29 is 32.1 Å². The summed E-state index contributed by atoms with van der Waals surface area (Å²) in [7, 11) is -3.08. The third kappa shape index (κ3) is 9.67. The van der Waals surface area contributed by atoms with Crippen molar-refractivity contribution >= 4 is 58.2 Å². The van der Waals surface area contributed by atoms with Gasteiger partial charge in [0.2, 0.25) is 11.8 Å². The predicted octanol–water partition coefficient (Wildman–Crippen LogP) is 6.57. The van der Waals surface area contributed by atoms with E-state index >= 15 is 0 Å². The second-order valence-electron chi connectivity index (χ2n) is 11.8. The van der Waals surface area contributed by atoms with Crippen LogP contribution in [0.1, 0.15) is 43.1 Å². The van der Waals surface area contributed by atoms with E-state index in [-0.39, 0.29) is 38.2 Å². The predicted molar refractivity (Wildman–Crippen MR) is 182 cm³/mol. The number of amides is 2. The molecule has 1 aliphatic rings. The van der Waals surface area contributed by atoms with E-state index < -0.39 is 17.9 Å². The molecule has 45 heavy (non-hydrogen) atoms. The van der Waals surface area contributed by atoms with Crippen molar-refractivity contribution in [3.63, 3.8) is 0 Å². The highest BCUT2D eigenvalue weighted by Gasteiger charge is 2.31. The number of benzene rings is 1. The van der Waals surface area contributed by atoms with Gasteiger partial charge in [-0.2, -0.15) is 0 Å². The molecular formula is C32H45N4O7PS. The van der Waals surface area contributed by atoms with E-state index in [9.17, 15) is 14.2 Å². The number of unbranched alkanes of at least 4 members (excludes halogenated alkanes) is 1. The van der Waals surface area contributed by atoms with E-state index in [1.807, 2.05) is 38.1 Å². The van der Waals surface area contributed by atoms with Gasteiger partial charge in [-0.15, -0.1) is 0 Å². The Morgan fingerprint density at radius 1 is 1.20 bits per heavy atom. The van der Waals surface area contributed by atoms with Crippen molar-refractivity contribution in [1.82, 2.24) is 9.88 Å². The number of carbonyl (C=O) groups is 2. The number of anilines is 2. The summed E-state index contributed by atoms with van der Waals surface area (Å²) in [5, 5.41) is 4.26. The van der Waals surface area contributed by atoms with Crippen LogP contribution in [0.3, 0.4) is 0 Å². The van der Waals surface area contributed by atoms with Gasteiger partial charge in [-0.1, -0.05) is 31.5 Å². The molecule has 11 nitrogen and oxygen atoms in total. The molecule has 0 radical (unpaired) electrons. The number of nitrogens with one attached hydrogen (secondary N) is 1. The first-order valence-corrected chi connectivity index (χ1v) is 19.5. The highest BCUT2D eigenvalue weighted by atomic mass is 32.3. The average Bonchev–Trinajstić information content (AvgIpc) is 3.21. The van der Waals surface area contributed by atoms with Crippen LogP contribution in [-0.4, -0.2) is 79.8 Å². The van der Waals surface area contributed by atoms with Crippen LogP contribution in [0.5, 0.6) is 0 Å². The van der Waals surface area contributed by atoms with Crippen LogP contribution >= 0.6 is 17.9 Å². The minimum Gasteiger partial charge on any atom is -0.459 e. The molecule has 0 aliphatic carbocycles. The molecule has 1 aliphatic heterocycles. The van der Waals surface area contributed by atoms with Crippen molar-refractivity contribution in [3.8, 4) is 0 Å². The lowest BCUT2D eigenvalue weighted by atomic mass is 10.1. The number of phosphoric ester groups is 1. The summed E-state index contributed by atoms with van der Waals surface area (Å²) in [5.41, 5.74) is 3.06. The summed E-state index contributed by atoms with van der Waals surface area (Å²) in [5.74, 6) is 1.37. The Kier molecular flexibility index (Phi) is 11.9. The number of hydrogen-bond acceptors (Lipinski definition) is 9. The van der Waals surface area contributed by atoms with E-state index in [0.717, 1.165) is 34.5 Å². The van der Waals surface area contributed by atoms with Gasteiger partial charge in [-0.3, -0.25) is 28.1 Å². The van der Waals surface area contributed by atoms with Gasteiger partial charge in [0.1, 0.15) is 18.1 Å². The topological polar surface area (TPSA) is 123 Å². The molecule has 2 amide bonds. The quantitative estimate of drug-likeness (QED) is 0.110. The van der Waals surface area contributed by atoms with Gasteiger partial charge in [0.05, 0.1) is 25.4 Å². The lowest BCUT2D eigenvalue weighted by Crippen LogP contribution is -2.33. The van der Waals surface area contributed by atoms with Gasteiger partial charge in [-0.05, 0) is 55.9 Å². The van der Waals surface area contributed by atoms with Crippen LogP contribution in [0.4, 0.5) is 11.5 Å². The zero-order valence-corrected chi connectivity index (χ0v) is 28.7. The molecule has 0 saturated carbocycles. The Labute approximate surface area is 267 Å². The largest absolute Gasteiger partial charge is 0.476 e. The molecule has 2 aromatic heterocycles. The fourth-order valence-corrected chi connectivity index (χ4v) is 6.38. The molecule has 1 atom stereocenters. The molecule has 0 saturated heterocycles. The molecule has 0 bridgehead atoms. The maximum Gasteiger partial charge on any atom is 0.476 e. The second-order valence-corrected chi connectivity index (χ2v) is 18.1. The molecule has 1 unspecified atom stereocenters. The fourth-order valence-electron chi connectivity index (χ4n) is 4.52. The second kappa shape index (κ2) is 15.4. The average molecular weight is 661 g/mol. The smallest absolute Gasteiger partial charge is 0.459 e. The molecular weight excluding hydrogens is 615 g/mol.